The van der Waals surface area contributed by atoms with Crippen LogP contribution in [0, 0.1) is 0 Å². The van der Waals surface area contributed by atoms with Crippen LogP contribution in [-0.4, -0.2) is 10.8 Å². The van der Waals surface area contributed by atoms with Gasteiger partial charge in [-0.2, -0.15) is 0 Å². The number of furan rings is 1. The molecule has 0 amide bonds. The highest BCUT2D eigenvalue weighted by Crippen LogP contribution is 2.15. The lowest BCUT2D eigenvalue weighted by molar-refractivity contribution is 0.0981. The standard InChI is InChI=1S/C11H8BrNO2/c12-9-4-1-5-13-11(9)10(14)7-8-3-2-6-15-8/h1-6H,7H2. The highest BCUT2D eigenvalue weighted by molar-refractivity contribution is 9.10. The second kappa shape index (κ2) is 4.40. The predicted octanol–water partition coefficient (Wildman–Crippen LogP) is 2.86. The molecule has 0 aromatic carbocycles. The molecule has 2 rings (SSSR count). The van der Waals surface area contributed by atoms with Crippen LogP contribution in [0.3, 0.4) is 0 Å². The molecule has 2 heterocycles. The van der Waals surface area contributed by atoms with Crippen LogP contribution < -0.4 is 0 Å². The first-order valence-electron chi connectivity index (χ1n) is 4.43. The minimum atomic E-state index is -0.0579. The van der Waals surface area contributed by atoms with Crippen molar-refractivity contribution >= 4 is 21.7 Å². The molecule has 3 nitrogen and oxygen atoms in total. The summed E-state index contributed by atoms with van der Waals surface area (Å²) >= 11 is 3.29. The van der Waals surface area contributed by atoms with Gasteiger partial charge in [-0.15, -0.1) is 0 Å². The average molecular weight is 266 g/mol. The van der Waals surface area contributed by atoms with Crippen molar-refractivity contribution in [2.75, 3.05) is 0 Å². The van der Waals surface area contributed by atoms with E-state index < -0.39 is 0 Å². The Hall–Kier alpha value is -1.42. The molecule has 2 aromatic rings. The quantitative estimate of drug-likeness (QED) is 0.802. The van der Waals surface area contributed by atoms with Gasteiger partial charge in [-0.05, 0) is 40.2 Å². The zero-order valence-electron chi connectivity index (χ0n) is 7.81. The first-order valence-corrected chi connectivity index (χ1v) is 5.23. The van der Waals surface area contributed by atoms with Gasteiger partial charge in [0.15, 0.2) is 5.78 Å². The Morgan fingerprint density at radius 2 is 2.27 bits per heavy atom. The summed E-state index contributed by atoms with van der Waals surface area (Å²) in [4.78, 5) is 15.8. The van der Waals surface area contributed by atoms with E-state index in [1.165, 1.54) is 0 Å². The smallest absolute Gasteiger partial charge is 0.189 e. The van der Waals surface area contributed by atoms with Crippen LogP contribution in [0.15, 0.2) is 45.6 Å². The van der Waals surface area contributed by atoms with Crippen LogP contribution in [0.1, 0.15) is 16.2 Å². The number of hydrogen-bond donors (Lipinski definition) is 0. The first-order chi connectivity index (χ1) is 7.27. The predicted molar refractivity (Wildman–Crippen MR) is 58.7 cm³/mol. The van der Waals surface area contributed by atoms with E-state index in [4.69, 9.17) is 4.42 Å². The Kier molecular flexibility index (Phi) is 2.97. The molecular formula is C11H8BrNO2. The van der Waals surface area contributed by atoms with Gasteiger partial charge in [0.1, 0.15) is 11.5 Å². The number of nitrogens with zero attached hydrogens (tertiary/aromatic N) is 1. The van der Waals surface area contributed by atoms with E-state index >= 15 is 0 Å². The van der Waals surface area contributed by atoms with E-state index in [0.29, 0.717) is 15.9 Å². The normalized spacial score (nSPS) is 10.2. The Bertz CT molecular complexity index is 465. The molecular weight excluding hydrogens is 258 g/mol. The van der Waals surface area contributed by atoms with Crippen LogP contribution in [0.4, 0.5) is 0 Å². The summed E-state index contributed by atoms with van der Waals surface area (Å²) in [6.07, 6.45) is 3.39. The molecule has 4 heteroatoms. The minimum Gasteiger partial charge on any atom is -0.469 e. The highest BCUT2D eigenvalue weighted by Gasteiger charge is 2.12. The Morgan fingerprint density at radius 3 is 2.93 bits per heavy atom. The molecule has 0 aliphatic carbocycles. The van der Waals surface area contributed by atoms with E-state index in [-0.39, 0.29) is 12.2 Å². The fourth-order valence-corrected chi connectivity index (χ4v) is 1.72. The average Bonchev–Trinajstić information content (AvgIpc) is 2.71. The van der Waals surface area contributed by atoms with Crippen LogP contribution >= 0.6 is 15.9 Å². The number of carbonyl (C=O) groups excluding carboxylic acids is 1. The maximum absolute atomic E-state index is 11.8. The van der Waals surface area contributed by atoms with Gasteiger partial charge in [0.25, 0.3) is 0 Å². The number of aromatic nitrogens is 1. The summed E-state index contributed by atoms with van der Waals surface area (Å²) < 4.78 is 5.81. The lowest BCUT2D eigenvalue weighted by Gasteiger charge is -1.99. The third kappa shape index (κ3) is 2.33. The molecule has 0 atom stereocenters. The van der Waals surface area contributed by atoms with E-state index in [1.807, 2.05) is 0 Å². The minimum absolute atomic E-state index is 0.0579. The molecule has 0 aliphatic rings. The summed E-state index contributed by atoms with van der Waals surface area (Å²) in [6.45, 7) is 0. The SMILES string of the molecule is O=C(Cc1ccco1)c1ncccc1Br. The van der Waals surface area contributed by atoms with Crippen molar-refractivity contribution in [1.29, 1.82) is 0 Å². The highest BCUT2D eigenvalue weighted by atomic mass is 79.9. The summed E-state index contributed by atoms with van der Waals surface area (Å²) in [5, 5.41) is 0. The fourth-order valence-electron chi connectivity index (χ4n) is 1.25. The van der Waals surface area contributed by atoms with E-state index in [2.05, 4.69) is 20.9 Å². The van der Waals surface area contributed by atoms with Crippen LogP contribution in [0.5, 0.6) is 0 Å². The van der Waals surface area contributed by atoms with Gasteiger partial charge in [-0.25, -0.2) is 0 Å². The second-order valence-electron chi connectivity index (χ2n) is 3.01. The summed E-state index contributed by atoms with van der Waals surface area (Å²) in [5.41, 5.74) is 0.439. The topological polar surface area (TPSA) is 43.1 Å². The summed E-state index contributed by atoms with van der Waals surface area (Å²) in [7, 11) is 0. The van der Waals surface area contributed by atoms with E-state index in [9.17, 15) is 4.79 Å². The maximum atomic E-state index is 11.8. The molecule has 0 bridgehead atoms. The molecule has 0 radical (unpaired) electrons. The monoisotopic (exact) mass is 265 g/mol. The molecule has 0 aliphatic heterocycles. The Morgan fingerprint density at radius 1 is 1.40 bits per heavy atom. The summed E-state index contributed by atoms with van der Waals surface area (Å²) in [5.74, 6) is 0.593. The van der Waals surface area contributed by atoms with E-state index in [0.717, 1.165) is 0 Å². The Balaban J connectivity index is 2.19. The number of halogens is 1. The molecule has 2 aromatic heterocycles. The molecule has 0 unspecified atom stereocenters. The third-order valence-electron chi connectivity index (χ3n) is 1.94. The van der Waals surface area contributed by atoms with Crippen molar-refractivity contribution in [3.05, 3.63) is 52.7 Å². The Labute approximate surface area is 95.3 Å². The summed E-state index contributed by atoms with van der Waals surface area (Å²) in [6, 6.07) is 7.10. The molecule has 0 fully saturated rings. The van der Waals surface area contributed by atoms with Crippen molar-refractivity contribution in [3.63, 3.8) is 0 Å². The van der Waals surface area contributed by atoms with Gasteiger partial charge in [0, 0.05) is 10.7 Å². The van der Waals surface area contributed by atoms with Crippen molar-refractivity contribution in [2.45, 2.75) is 6.42 Å². The van der Waals surface area contributed by atoms with Crippen molar-refractivity contribution in [2.24, 2.45) is 0 Å². The lowest BCUT2D eigenvalue weighted by Crippen LogP contribution is -2.05. The van der Waals surface area contributed by atoms with Gasteiger partial charge >= 0.3 is 0 Å². The second-order valence-corrected chi connectivity index (χ2v) is 3.87. The van der Waals surface area contributed by atoms with Crippen LogP contribution in [0.2, 0.25) is 0 Å². The van der Waals surface area contributed by atoms with Crippen LogP contribution in [-0.2, 0) is 6.42 Å². The van der Waals surface area contributed by atoms with E-state index in [1.54, 1.807) is 36.7 Å². The van der Waals surface area contributed by atoms with Gasteiger partial charge in [-0.1, -0.05) is 0 Å². The number of pyridine rings is 1. The molecule has 0 saturated carbocycles. The number of hydrogen-bond acceptors (Lipinski definition) is 3. The van der Waals surface area contributed by atoms with Gasteiger partial charge < -0.3 is 4.42 Å². The molecule has 15 heavy (non-hydrogen) atoms. The van der Waals surface area contributed by atoms with Gasteiger partial charge in [-0.3, -0.25) is 9.78 Å². The maximum Gasteiger partial charge on any atom is 0.189 e. The number of ketones is 1. The third-order valence-corrected chi connectivity index (χ3v) is 2.58. The molecule has 0 N–H and O–H groups in total. The first kappa shape index (κ1) is 10.1. The largest absolute Gasteiger partial charge is 0.469 e. The lowest BCUT2D eigenvalue weighted by atomic mass is 10.1. The zero-order chi connectivity index (χ0) is 10.7. The molecule has 76 valence electrons. The zero-order valence-corrected chi connectivity index (χ0v) is 9.40. The van der Waals surface area contributed by atoms with Crippen molar-refractivity contribution < 1.29 is 9.21 Å². The fraction of sp³-hybridized carbons (Fsp3) is 0.0909. The van der Waals surface area contributed by atoms with Crippen molar-refractivity contribution in [1.82, 2.24) is 4.98 Å². The number of rotatable bonds is 3. The van der Waals surface area contributed by atoms with Gasteiger partial charge in [0.05, 0.1) is 12.7 Å². The molecule has 0 saturated heterocycles. The van der Waals surface area contributed by atoms with Gasteiger partial charge in [0.2, 0.25) is 0 Å². The number of carbonyl (C=O) groups is 1. The molecule has 0 spiro atoms. The number of Topliss-reactive ketones (excluding diaryl/α,β-unsaturated/α-hetero) is 1. The van der Waals surface area contributed by atoms with Crippen LogP contribution in [0.25, 0.3) is 0 Å². The van der Waals surface area contributed by atoms with Crippen molar-refractivity contribution in [3.8, 4) is 0 Å².